The molecule has 0 spiro atoms. The summed E-state index contributed by atoms with van der Waals surface area (Å²) >= 11 is 0. The maximum atomic E-state index is 6.37. The first-order chi connectivity index (χ1) is 9.35. The Balaban J connectivity index is 2.20. The fraction of sp³-hybridized carbons (Fsp3) is 0.667. The number of hydrogen-bond acceptors (Lipinski definition) is 2. The van der Waals surface area contributed by atoms with Crippen molar-refractivity contribution < 1.29 is 4.74 Å². The Morgan fingerprint density at radius 2 is 2.00 bits per heavy atom. The maximum Gasteiger partial charge on any atom is 0.122 e. The number of aryl methyl sites for hydroxylation is 1. The molecule has 1 aromatic rings. The molecule has 0 aliphatic heterocycles. The average molecular weight is 275 g/mol. The first-order valence-corrected chi connectivity index (χ1v) is 7.79. The summed E-state index contributed by atoms with van der Waals surface area (Å²) < 4.78 is 6.37. The van der Waals surface area contributed by atoms with Gasteiger partial charge in [-0.3, -0.25) is 0 Å². The number of ether oxygens (including phenoxy) is 1. The van der Waals surface area contributed by atoms with Gasteiger partial charge in [0.15, 0.2) is 0 Å². The van der Waals surface area contributed by atoms with Gasteiger partial charge in [0, 0.05) is 6.04 Å². The topological polar surface area (TPSA) is 21.3 Å². The van der Waals surface area contributed by atoms with Crippen molar-refractivity contribution in [3.63, 3.8) is 0 Å². The normalized spacial score (nSPS) is 25.1. The van der Waals surface area contributed by atoms with Crippen LogP contribution in [0.5, 0.6) is 5.75 Å². The first kappa shape index (κ1) is 15.4. The van der Waals surface area contributed by atoms with Crippen LogP contribution in [0, 0.1) is 12.3 Å². The van der Waals surface area contributed by atoms with Crippen LogP contribution in [-0.2, 0) is 0 Å². The van der Waals surface area contributed by atoms with Gasteiger partial charge in [0.25, 0.3) is 0 Å². The van der Waals surface area contributed by atoms with Crippen molar-refractivity contribution in [3.05, 3.63) is 29.3 Å². The van der Waals surface area contributed by atoms with Crippen LogP contribution in [-0.4, -0.2) is 19.2 Å². The van der Waals surface area contributed by atoms with E-state index < -0.39 is 0 Å². The summed E-state index contributed by atoms with van der Waals surface area (Å²) in [6.07, 6.45) is 2.62. The molecule has 1 aliphatic rings. The molecule has 1 fully saturated rings. The Morgan fingerprint density at radius 3 is 2.60 bits per heavy atom. The Kier molecular flexibility index (Phi) is 4.43. The quantitative estimate of drug-likeness (QED) is 0.886. The van der Waals surface area contributed by atoms with E-state index in [1.54, 1.807) is 0 Å². The van der Waals surface area contributed by atoms with Crippen molar-refractivity contribution in [2.75, 3.05) is 7.05 Å². The second-order valence-corrected chi connectivity index (χ2v) is 7.13. The van der Waals surface area contributed by atoms with Gasteiger partial charge in [0.2, 0.25) is 0 Å². The Hall–Kier alpha value is -1.02. The summed E-state index contributed by atoms with van der Waals surface area (Å²) in [6, 6.07) is 7.03. The van der Waals surface area contributed by atoms with E-state index in [1.807, 2.05) is 7.05 Å². The van der Waals surface area contributed by atoms with E-state index in [-0.39, 0.29) is 6.10 Å². The van der Waals surface area contributed by atoms with Crippen LogP contribution in [0.4, 0.5) is 0 Å². The fourth-order valence-corrected chi connectivity index (χ4v) is 3.31. The van der Waals surface area contributed by atoms with Gasteiger partial charge in [-0.25, -0.2) is 0 Å². The van der Waals surface area contributed by atoms with Crippen LogP contribution in [0.25, 0.3) is 0 Å². The van der Waals surface area contributed by atoms with Crippen LogP contribution >= 0.6 is 0 Å². The van der Waals surface area contributed by atoms with Gasteiger partial charge in [-0.15, -0.1) is 0 Å². The molecule has 2 unspecified atom stereocenters. The lowest BCUT2D eigenvalue weighted by molar-refractivity contribution is 0.145. The Labute approximate surface area is 123 Å². The highest BCUT2D eigenvalue weighted by Crippen LogP contribution is 2.40. The molecule has 2 atom stereocenters. The number of benzene rings is 1. The predicted molar refractivity (Wildman–Crippen MR) is 85.5 cm³/mol. The second kappa shape index (κ2) is 5.77. The molecule has 0 saturated heterocycles. The molecule has 2 rings (SSSR count). The third-order valence-corrected chi connectivity index (χ3v) is 4.76. The summed E-state index contributed by atoms with van der Waals surface area (Å²) in [5.74, 6) is 1.59. The Bertz CT molecular complexity index is 464. The summed E-state index contributed by atoms with van der Waals surface area (Å²) in [7, 11) is 2.05. The maximum absolute atomic E-state index is 6.37. The van der Waals surface area contributed by atoms with E-state index >= 15 is 0 Å². The minimum absolute atomic E-state index is 0.274. The van der Waals surface area contributed by atoms with E-state index in [2.05, 4.69) is 58.1 Å². The van der Waals surface area contributed by atoms with Gasteiger partial charge in [0.1, 0.15) is 11.9 Å². The number of likely N-dealkylation sites (N-methyl/N-ethyl adjacent to an activating group) is 1. The van der Waals surface area contributed by atoms with Crippen molar-refractivity contribution in [2.24, 2.45) is 5.41 Å². The molecule has 0 aromatic heterocycles. The third-order valence-electron chi connectivity index (χ3n) is 4.76. The van der Waals surface area contributed by atoms with Crippen molar-refractivity contribution >= 4 is 0 Å². The minimum Gasteiger partial charge on any atom is -0.489 e. The van der Waals surface area contributed by atoms with Crippen LogP contribution in [0.15, 0.2) is 18.2 Å². The van der Waals surface area contributed by atoms with Crippen LogP contribution in [0.2, 0.25) is 0 Å². The molecular formula is C18H29NO. The third kappa shape index (κ3) is 3.01. The van der Waals surface area contributed by atoms with Gasteiger partial charge in [-0.1, -0.05) is 39.8 Å². The average Bonchev–Trinajstić information content (AvgIpc) is 2.66. The van der Waals surface area contributed by atoms with E-state index in [0.717, 1.165) is 12.2 Å². The van der Waals surface area contributed by atoms with Gasteiger partial charge >= 0.3 is 0 Å². The highest BCUT2D eigenvalue weighted by atomic mass is 16.5. The molecule has 0 heterocycles. The van der Waals surface area contributed by atoms with Gasteiger partial charge in [0.05, 0.1) is 0 Å². The highest BCUT2D eigenvalue weighted by Gasteiger charge is 2.42. The molecule has 1 aromatic carbocycles. The lowest BCUT2D eigenvalue weighted by Gasteiger charge is -2.30. The number of rotatable bonds is 4. The van der Waals surface area contributed by atoms with E-state index in [9.17, 15) is 0 Å². The molecule has 20 heavy (non-hydrogen) atoms. The van der Waals surface area contributed by atoms with Crippen molar-refractivity contribution in [1.29, 1.82) is 0 Å². The number of nitrogens with one attached hydrogen (secondary N) is 1. The fourth-order valence-electron chi connectivity index (χ4n) is 3.31. The molecule has 0 amide bonds. The minimum atomic E-state index is 0.274. The summed E-state index contributed by atoms with van der Waals surface area (Å²) in [5.41, 5.74) is 2.89. The zero-order chi connectivity index (χ0) is 14.9. The zero-order valence-electron chi connectivity index (χ0n) is 13.8. The predicted octanol–water partition coefficient (Wildman–Crippen LogP) is 4.27. The molecule has 112 valence electrons. The van der Waals surface area contributed by atoms with E-state index in [1.165, 1.54) is 17.5 Å². The molecular weight excluding hydrogens is 246 g/mol. The molecule has 1 saturated carbocycles. The smallest absolute Gasteiger partial charge is 0.122 e. The lowest BCUT2D eigenvalue weighted by atomic mass is 9.87. The SMILES string of the molecule is CNC1C(Oc2cc(C(C)C)ccc2C)CCC1(C)C. The van der Waals surface area contributed by atoms with Crippen LogP contribution in [0.1, 0.15) is 57.6 Å². The molecule has 1 N–H and O–H groups in total. The van der Waals surface area contributed by atoms with E-state index in [0.29, 0.717) is 17.4 Å². The van der Waals surface area contributed by atoms with Crippen molar-refractivity contribution in [1.82, 2.24) is 5.32 Å². The first-order valence-electron chi connectivity index (χ1n) is 7.79. The monoisotopic (exact) mass is 275 g/mol. The van der Waals surface area contributed by atoms with E-state index in [4.69, 9.17) is 4.74 Å². The second-order valence-electron chi connectivity index (χ2n) is 7.13. The number of hydrogen-bond donors (Lipinski definition) is 1. The standard InChI is InChI=1S/C18H29NO/c1-12(2)14-8-7-13(3)16(11-14)20-15-9-10-18(4,5)17(15)19-6/h7-8,11-12,15,17,19H,9-10H2,1-6H3. The molecule has 1 aliphatic carbocycles. The molecule has 0 bridgehead atoms. The summed E-state index contributed by atoms with van der Waals surface area (Å²) in [6.45, 7) is 11.2. The summed E-state index contributed by atoms with van der Waals surface area (Å²) in [4.78, 5) is 0. The molecule has 2 heteroatoms. The highest BCUT2D eigenvalue weighted by molar-refractivity contribution is 5.38. The van der Waals surface area contributed by atoms with Gasteiger partial charge in [-0.2, -0.15) is 0 Å². The van der Waals surface area contributed by atoms with Gasteiger partial charge in [-0.05, 0) is 55.3 Å². The van der Waals surface area contributed by atoms with Crippen molar-refractivity contribution in [2.45, 2.75) is 65.5 Å². The van der Waals surface area contributed by atoms with Crippen LogP contribution in [0.3, 0.4) is 0 Å². The molecule has 2 nitrogen and oxygen atoms in total. The Morgan fingerprint density at radius 1 is 1.30 bits per heavy atom. The lowest BCUT2D eigenvalue weighted by Crippen LogP contribution is -2.44. The van der Waals surface area contributed by atoms with Crippen molar-refractivity contribution in [3.8, 4) is 5.75 Å². The zero-order valence-corrected chi connectivity index (χ0v) is 13.8. The molecule has 0 radical (unpaired) electrons. The van der Waals surface area contributed by atoms with Gasteiger partial charge < -0.3 is 10.1 Å². The largest absolute Gasteiger partial charge is 0.489 e. The van der Waals surface area contributed by atoms with Crippen LogP contribution < -0.4 is 10.1 Å². The summed E-state index contributed by atoms with van der Waals surface area (Å²) in [5, 5.41) is 3.46.